The maximum Gasteiger partial charge on any atom is 0.229 e. The fourth-order valence-corrected chi connectivity index (χ4v) is 3.92. The van der Waals surface area contributed by atoms with E-state index in [4.69, 9.17) is 11.0 Å². The molecule has 2 aromatic carbocycles. The van der Waals surface area contributed by atoms with E-state index in [0.29, 0.717) is 23.6 Å². The molecular formula is C24H23FN6O. The Hall–Kier alpha value is -3.99. The maximum absolute atomic E-state index is 14.1. The van der Waals surface area contributed by atoms with E-state index in [1.807, 2.05) is 41.3 Å². The lowest BCUT2D eigenvalue weighted by molar-refractivity contribution is -0.120. The van der Waals surface area contributed by atoms with Crippen LogP contribution in [-0.2, 0) is 4.79 Å². The molecule has 0 saturated carbocycles. The lowest BCUT2D eigenvalue weighted by atomic mass is 9.92. The van der Waals surface area contributed by atoms with Crippen LogP contribution in [0.25, 0.3) is 11.3 Å². The molecule has 0 bridgehead atoms. The summed E-state index contributed by atoms with van der Waals surface area (Å²) in [6.07, 6.45) is 1.59. The van der Waals surface area contributed by atoms with Gasteiger partial charge in [0, 0.05) is 29.9 Å². The average molecular weight is 430 g/mol. The molecule has 8 heteroatoms. The monoisotopic (exact) mass is 430 g/mol. The molecule has 0 radical (unpaired) electrons. The highest BCUT2D eigenvalue weighted by molar-refractivity contribution is 5.93. The highest BCUT2D eigenvalue weighted by atomic mass is 19.1. The first-order valence-electron chi connectivity index (χ1n) is 10.4. The number of carbonyl (C=O) groups excluding carboxylic acids is 1. The van der Waals surface area contributed by atoms with Gasteiger partial charge < -0.3 is 16.0 Å². The summed E-state index contributed by atoms with van der Waals surface area (Å²) in [5.74, 6) is -0.219. The minimum Gasteiger partial charge on any atom is -0.368 e. The second-order valence-corrected chi connectivity index (χ2v) is 7.91. The molecule has 0 aliphatic carbocycles. The van der Waals surface area contributed by atoms with E-state index >= 15 is 0 Å². The van der Waals surface area contributed by atoms with Gasteiger partial charge in [-0.15, -0.1) is 0 Å². The zero-order valence-corrected chi connectivity index (χ0v) is 17.6. The molecule has 2 atom stereocenters. The number of anilines is 3. The number of aromatic nitrogens is 2. The molecule has 2 heterocycles. The van der Waals surface area contributed by atoms with Crippen molar-refractivity contribution in [3.8, 4) is 17.3 Å². The fraction of sp³-hybridized carbons (Fsp3) is 0.250. The Bertz CT molecular complexity index is 1180. The lowest BCUT2D eigenvalue weighted by Gasteiger charge is -2.38. The number of nitrogens with one attached hydrogen (secondary N) is 1. The molecule has 1 aromatic heterocycles. The van der Waals surface area contributed by atoms with Crippen LogP contribution in [0.15, 0.2) is 54.6 Å². The van der Waals surface area contributed by atoms with Gasteiger partial charge in [-0.1, -0.05) is 24.3 Å². The van der Waals surface area contributed by atoms with Crippen molar-refractivity contribution in [1.29, 1.82) is 5.26 Å². The summed E-state index contributed by atoms with van der Waals surface area (Å²) in [5, 5.41) is 11.9. The van der Waals surface area contributed by atoms with E-state index in [0.717, 1.165) is 18.5 Å². The number of nitrogens with two attached hydrogens (primary N) is 1. The number of halogens is 1. The molecule has 1 saturated heterocycles. The van der Waals surface area contributed by atoms with Gasteiger partial charge in [0.2, 0.25) is 11.9 Å². The van der Waals surface area contributed by atoms with Crippen LogP contribution in [0.3, 0.4) is 0 Å². The summed E-state index contributed by atoms with van der Waals surface area (Å²) in [6.45, 7) is 2.56. The number of amides is 1. The molecule has 1 aliphatic rings. The van der Waals surface area contributed by atoms with E-state index in [1.165, 1.54) is 12.1 Å². The van der Waals surface area contributed by atoms with Crippen molar-refractivity contribution in [3.05, 3.63) is 66.0 Å². The minimum atomic E-state index is -0.618. The summed E-state index contributed by atoms with van der Waals surface area (Å²) in [5.41, 5.74) is 7.65. The molecule has 1 amide bonds. The molecule has 1 aliphatic heterocycles. The van der Waals surface area contributed by atoms with Crippen LogP contribution in [-0.4, -0.2) is 28.5 Å². The molecule has 0 spiro atoms. The molecule has 162 valence electrons. The molecular weight excluding hydrogens is 407 g/mol. The van der Waals surface area contributed by atoms with Crippen molar-refractivity contribution < 1.29 is 9.18 Å². The summed E-state index contributed by atoms with van der Waals surface area (Å²) >= 11 is 0. The average Bonchev–Trinajstić information content (AvgIpc) is 2.79. The van der Waals surface area contributed by atoms with Crippen molar-refractivity contribution in [3.63, 3.8) is 0 Å². The zero-order valence-electron chi connectivity index (χ0n) is 17.6. The number of para-hydroxylation sites is 1. The van der Waals surface area contributed by atoms with Crippen molar-refractivity contribution >= 4 is 23.4 Å². The Kier molecular flexibility index (Phi) is 5.99. The summed E-state index contributed by atoms with van der Waals surface area (Å²) in [6, 6.07) is 17.4. The number of nitrogen functional groups attached to an aromatic ring is 1. The van der Waals surface area contributed by atoms with Crippen LogP contribution in [0, 0.1) is 23.1 Å². The Labute approximate surface area is 185 Å². The predicted octanol–water partition coefficient (Wildman–Crippen LogP) is 3.98. The standard InChI is InChI=1S/C24H23FN6O/c1-15-7-8-18(23(32)28-19-5-3-2-4-6-19)14-31(15)22-12-21(29-24(27)30-22)16-9-10-17(13-26)20(25)11-16/h2-6,9-12,15,18H,7-8,14H2,1H3,(H,28,32)(H2,27,29,30)/t15-,18+/m1/s1. The van der Waals surface area contributed by atoms with Crippen LogP contribution in [0.4, 0.5) is 21.8 Å². The van der Waals surface area contributed by atoms with E-state index in [9.17, 15) is 9.18 Å². The summed E-state index contributed by atoms with van der Waals surface area (Å²) < 4.78 is 14.1. The van der Waals surface area contributed by atoms with E-state index in [2.05, 4.69) is 22.2 Å². The van der Waals surface area contributed by atoms with Crippen molar-refractivity contribution in [1.82, 2.24) is 9.97 Å². The van der Waals surface area contributed by atoms with Gasteiger partial charge in [0.05, 0.1) is 17.2 Å². The Morgan fingerprint density at radius 2 is 1.97 bits per heavy atom. The van der Waals surface area contributed by atoms with Gasteiger partial charge in [0.1, 0.15) is 17.7 Å². The van der Waals surface area contributed by atoms with E-state index < -0.39 is 5.82 Å². The lowest BCUT2D eigenvalue weighted by Crippen LogP contribution is -2.46. The Balaban J connectivity index is 1.58. The van der Waals surface area contributed by atoms with Crippen LogP contribution in [0.1, 0.15) is 25.3 Å². The van der Waals surface area contributed by atoms with Crippen LogP contribution in [0.2, 0.25) is 0 Å². The molecule has 1 fully saturated rings. The van der Waals surface area contributed by atoms with Gasteiger partial charge in [-0.3, -0.25) is 4.79 Å². The molecule has 4 rings (SSSR count). The highest BCUT2D eigenvalue weighted by Gasteiger charge is 2.31. The van der Waals surface area contributed by atoms with Gasteiger partial charge >= 0.3 is 0 Å². The SMILES string of the molecule is C[C@@H]1CC[C@H](C(=O)Nc2ccccc2)CN1c1cc(-c2ccc(C#N)c(F)c2)nc(N)n1. The van der Waals surface area contributed by atoms with Gasteiger partial charge in [-0.2, -0.15) is 10.2 Å². The van der Waals surface area contributed by atoms with Gasteiger partial charge in [0.15, 0.2) is 0 Å². The minimum absolute atomic E-state index is 0.0343. The molecule has 7 nitrogen and oxygen atoms in total. The first-order valence-corrected chi connectivity index (χ1v) is 10.4. The molecule has 3 aromatic rings. The first kappa shape index (κ1) is 21.2. The number of nitrogens with zero attached hydrogens (tertiary/aromatic N) is 4. The Morgan fingerprint density at radius 3 is 2.69 bits per heavy atom. The van der Waals surface area contributed by atoms with E-state index in [-0.39, 0.29) is 29.4 Å². The number of hydrogen-bond donors (Lipinski definition) is 2. The van der Waals surface area contributed by atoms with Crippen LogP contribution >= 0.6 is 0 Å². The second-order valence-electron chi connectivity index (χ2n) is 7.91. The Morgan fingerprint density at radius 1 is 1.19 bits per heavy atom. The number of hydrogen-bond acceptors (Lipinski definition) is 6. The number of carbonyl (C=O) groups is 1. The summed E-state index contributed by atoms with van der Waals surface area (Å²) in [4.78, 5) is 23.5. The maximum atomic E-state index is 14.1. The first-order chi connectivity index (χ1) is 15.4. The molecule has 3 N–H and O–H groups in total. The predicted molar refractivity (Wildman–Crippen MR) is 121 cm³/mol. The third-order valence-electron chi connectivity index (χ3n) is 5.70. The highest BCUT2D eigenvalue weighted by Crippen LogP contribution is 2.30. The largest absolute Gasteiger partial charge is 0.368 e. The summed E-state index contributed by atoms with van der Waals surface area (Å²) in [7, 11) is 0. The third kappa shape index (κ3) is 4.52. The van der Waals surface area contributed by atoms with Gasteiger partial charge in [-0.05, 0) is 44.0 Å². The van der Waals surface area contributed by atoms with Crippen LogP contribution < -0.4 is 16.0 Å². The number of piperidine rings is 1. The van der Waals surface area contributed by atoms with E-state index in [1.54, 1.807) is 12.1 Å². The number of rotatable bonds is 4. The molecule has 32 heavy (non-hydrogen) atoms. The normalized spacial score (nSPS) is 18.1. The van der Waals surface area contributed by atoms with Gasteiger partial charge in [-0.25, -0.2) is 9.37 Å². The van der Waals surface area contributed by atoms with Crippen LogP contribution in [0.5, 0.6) is 0 Å². The number of benzene rings is 2. The second kappa shape index (κ2) is 9.02. The molecule has 0 unspecified atom stereocenters. The van der Waals surface area contributed by atoms with Gasteiger partial charge in [0.25, 0.3) is 0 Å². The fourth-order valence-electron chi connectivity index (χ4n) is 3.92. The number of nitriles is 1. The smallest absolute Gasteiger partial charge is 0.229 e. The van der Waals surface area contributed by atoms with Crippen molar-refractivity contribution in [2.45, 2.75) is 25.8 Å². The third-order valence-corrected chi connectivity index (χ3v) is 5.70. The zero-order chi connectivity index (χ0) is 22.7. The topological polar surface area (TPSA) is 108 Å². The van der Waals surface area contributed by atoms with Crippen molar-refractivity contribution in [2.24, 2.45) is 5.92 Å². The quantitative estimate of drug-likeness (QED) is 0.648. The van der Waals surface area contributed by atoms with Crippen molar-refractivity contribution in [2.75, 3.05) is 22.5 Å².